The minimum atomic E-state index is -1.02. The van der Waals surface area contributed by atoms with Crippen LogP contribution in [0.2, 0.25) is 0 Å². The number of rotatable bonds is 7. The van der Waals surface area contributed by atoms with E-state index in [0.29, 0.717) is 35.0 Å². The highest BCUT2D eigenvalue weighted by atomic mass is 32.1. The number of aryl methyl sites for hydroxylation is 1. The van der Waals surface area contributed by atoms with E-state index in [1.807, 2.05) is 20.8 Å². The van der Waals surface area contributed by atoms with Crippen LogP contribution in [-0.2, 0) is 16.1 Å². The summed E-state index contributed by atoms with van der Waals surface area (Å²) in [4.78, 5) is 28.3. The van der Waals surface area contributed by atoms with Gasteiger partial charge in [0.1, 0.15) is 15.9 Å². The molecule has 1 unspecified atom stereocenters. The third kappa shape index (κ3) is 5.73. The minimum Gasteiger partial charge on any atom is -0.480 e. The zero-order valence-corrected chi connectivity index (χ0v) is 14.5. The van der Waals surface area contributed by atoms with E-state index in [9.17, 15) is 14.7 Å². The Hall–Kier alpha value is -1.47. The third-order valence-corrected chi connectivity index (χ3v) is 4.23. The molecule has 1 atom stereocenters. The Labute approximate surface area is 134 Å². The van der Waals surface area contributed by atoms with Gasteiger partial charge in [0.25, 0.3) is 5.91 Å². The maximum Gasteiger partial charge on any atom is 0.326 e. The second-order valence-corrected chi connectivity index (χ2v) is 7.50. The Bertz CT molecular complexity index is 534. The number of hydrogen-bond donors (Lipinski definition) is 2. The molecule has 124 valence electrons. The molecule has 1 rings (SSSR count). The highest BCUT2D eigenvalue weighted by molar-refractivity contribution is 7.13. The van der Waals surface area contributed by atoms with Crippen molar-refractivity contribution in [1.82, 2.24) is 10.3 Å². The van der Waals surface area contributed by atoms with Crippen molar-refractivity contribution in [3.63, 3.8) is 0 Å². The average Bonchev–Trinajstić information content (AvgIpc) is 2.74. The van der Waals surface area contributed by atoms with E-state index in [4.69, 9.17) is 4.74 Å². The zero-order chi connectivity index (χ0) is 16.9. The number of methoxy groups -OCH3 is 1. The molecule has 0 aromatic carbocycles. The molecule has 1 aromatic rings. The van der Waals surface area contributed by atoms with Crippen LogP contribution >= 0.6 is 11.3 Å². The lowest BCUT2D eigenvalue weighted by atomic mass is 9.88. The standard InChI is InChI=1S/C15H24N2O4S/c1-9-12(22-11(16-9)8-21-5)13(18)17-10(14(19)20)6-7-15(2,3)4/h10H,6-8H2,1-5H3,(H,17,18)(H,19,20). The van der Waals surface area contributed by atoms with E-state index < -0.39 is 17.9 Å². The number of ether oxygens (including phenoxy) is 1. The normalized spacial score (nSPS) is 13.0. The number of hydrogen-bond acceptors (Lipinski definition) is 5. The molecular weight excluding hydrogens is 304 g/mol. The van der Waals surface area contributed by atoms with E-state index in [-0.39, 0.29) is 5.41 Å². The van der Waals surface area contributed by atoms with Crippen LogP contribution in [0.4, 0.5) is 0 Å². The van der Waals surface area contributed by atoms with Crippen molar-refractivity contribution in [1.29, 1.82) is 0 Å². The summed E-state index contributed by atoms with van der Waals surface area (Å²) in [6.07, 6.45) is 1.11. The van der Waals surface area contributed by atoms with E-state index in [0.717, 1.165) is 0 Å². The zero-order valence-electron chi connectivity index (χ0n) is 13.7. The molecule has 0 saturated carbocycles. The van der Waals surface area contributed by atoms with Gasteiger partial charge in [0.2, 0.25) is 0 Å². The molecule has 0 aliphatic carbocycles. The number of carbonyl (C=O) groups excluding carboxylic acids is 1. The number of aliphatic carboxylic acids is 1. The Morgan fingerprint density at radius 1 is 1.41 bits per heavy atom. The SMILES string of the molecule is COCc1nc(C)c(C(=O)NC(CCC(C)(C)C)C(=O)O)s1. The van der Waals surface area contributed by atoms with Crippen LogP contribution in [0.5, 0.6) is 0 Å². The molecule has 0 aliphatic rings. The van der Waals surface area contributed by atoms with Gasteiger partial charge in [-0.25, -0.2) is 9.78 Å². The summed E-state index contributed by atoms with van der Waals surface area (Å²) < 4.78 is 4.99. The highest BCUT2D eigenvalue weighted by Gasteiger charge is 2.25. The summed E-state index contributed by atoms with van der Waals surface area (Å²) in [5.41, 5.74) is 0.610. The second kappa shape index (κ2) is 7.69. The van der Waals surface area contributed by atoms with Gasteiger partial charge in [-0.15, -0.1) is 11.3 Å². The lowest BCUT2D eigenvalue weighted by Gasteiger charge is -2.21. The first-order valence-corrected chi connectivity index (χ1v) is 7.94. The van der Waals surface area contributed by atoms with Crippen LogP contribution in [-0.4, -0.2) is 35.1 Å². The van der Waals surface area contributed by atoms with E-state index in [2.05, 4.69) is 10.3 Å². The largest absolute Gasteiger partial charge is 0.480 e. The van der Waals surface area contributed by atoms with Gasteiger partial charge in [0.15, 0.2) is 0 Å². The van der Waals surface area contributed by atoms with Crippen molar-refractivity contribution >= 4 is 23.2 Å². The van der Waals surface area contributed by atoms with Crippen molar-refractivity contribution in [3.8, 4) is 0 Å². The van der Waals surface area contributed by atoms with Crippen LogP contribution in [0, 0.1) is 12.3 Å². The Kier molecular flexibility index (Phi) is 6.49. The van der Waals surface area contributed by atoms with Crippen molar-refractivity contribution in [2.24, 2.45) is 5.41 Å². The molecular formula is C15H24N2O4S. The second-order valence-electron chi connectivity index (χ2n) is 6.42. The molecule has 0 saturated heterocycles. The fourth-order valence-corrected chi connectivity index (χ4v) is 2.85. The van der Waals surface area contributed by atoms with E-state index >= 15 is 0 Å². The number of carbonyl (C=O) groups is 2. The summed E-state index contributed by atoms with van der Waals surface area (Å²) in [7, 11) is 1.56. The molecule has 22 heavy (non-hydrogen) atoms. The van der Waals surface area contributed by atoms with Crippen molar-refractivity contribution < 1.29 is 19.4 Å². The number of nitrogens with one attached hydrogen (secondary N) is 1. The number of carboxylic acids is 1. The molecule has 0 bridgehead atoms. The van der Waals surface area contributed by atoms with Gasteiger partial charge in [-0.1, -0.05) is 20.8 Å². The van der Waals surface area contributed by atoms with Crippen LogP contribution in [0.15, 0.2) is 0 Å². The molecule has 6 nitrogen and oxygen atoms in total. The van der Waals surface area contributed by atoms with Crippen molar-refractivity contribution in [3.05, 3.63) is 15.6 Å². The topological polar surface area (TPSA) is 88.5 Å². The molecule has 7 heteroatoms. The third-order valence-electron chi connectivity index (χ3n) is 3.10. The lowest BCUT2D eigenvalue weighted by Crippen LogP contribution is -2.41. The summed E-state index contributed by atoms with van der Waals surface area (Å²) >= 11 is 1.23. The van der Waals surface area contributed by atoms with Gasteiger partial charge in [-0.05, 0) is 25.2 Å². The van der Waals surface area contributed by atoms with Gasteiger partial charge in [-0.3, -0.25) is 4.79 Å². The summed E-state index contributed by atoms with van der Waals surface area (Å²) in [6.45, 7) is 8.19. The molecule has 0 spiro atoms. The Morgan fingerprint density at radius 3 is 2.55 bits per heavy atom. The van der Waals surface area contributed by atoms with Gasteiger partial charge < -0.3 is 15.2 Å². The first-order chi connectivity index (χ1) is 10.1. The maximum absolute atomic E-state index is 12.3. The monoisotopic (exact) mass is 328 g/mol. The molecule has 1 amide bonds. The van der Waals surface area contributed by atoms with Gasteiger partial charge >= 0.3 is 5.97 Å². The highest BCUT2D eigenvalue weighted by Crippen LogP contribution is 2.23. The van der Waals surface area contributed by atoms with Crippen LogP contribution in [0.3, 0.4) is 0 Å². The average molecular weight is 328 g/mol. The fraction of sp³-hybridized carbons (Fsp3) is 0.667. The Balaban J connectivity index is 2.76. The fourth-order valence-electron chi connectivity index (χ4n) is 1.91. The maximum atomic E-state index is 12.3. The molecule has 2 N–H and O–H groups in total. The van der Waals surface area contributed by atoms with Crippen LogP contribution < -0.4 is 5.32 Å². The molecule has 0 radical (unpaired) electrons. The number of thiazole rings is 1. The summed E-state index contributed by atoms with van der Waals surface area (Å²) in [5.74, 6) is -1.41. The predicted octanol–water partition coefficient (Wildman–Crippen LogP) is 2.61. The van der Waals surface area contributed by atoms with Crippen molar-refractivity contribution in [2.45, 2.75) is 53.2 Å². The molecule has 0 fully saturated rings. The quantitative estimate of drug-likeness (QED) is 0.803. The Morgan fingerprint density at radius 2 is 2.05 bits per heavy atom. The number of aromatic nitrogens is 1. The van der Waals surface area contributed by atoms with Gasteiger partial charge in [0.05, 0.1) is 12.3 Å². The predicted molar refractivity (Wildman–Crippen MR) is 85.1 cm³/mol. The van der Waals surface area contributed by atoms with Crippen LogP contribution in [0.1, 0.15) is 54.0 Å². The summed E-state index contributed by atoms with van der Waals surface area (Å²) in [5, 5.41) is 12.6. The smallest absolute Gasteiger partial charge is 0.326 e. The minimum absolute atomic E-state index is 0.0183. The summed E-state index contributed by atoms with van der Waals surface area (Å²) in [6, 6.07) is -0.890. The van der Waals surface area contributed by atoms with E-state index in [1.165, 1.54) is 11.3 Å². The molecule has 1 heterocycles. The molecule has 1 aromatic heterocycles. The van der Waals surface area contributed by atoms with E-state index in [1.54, 1.807) is 14.0 Å². The van der Waals surface area contributed by atoms with Crippen LogP contribution in [0.25, 0.3) is 0 Å². The first-order valence-electron chi connectivity index (χ1n) is 7.13. The lowest BCUT2D eigenvalue weighted by molar-refractivity contribution is -0.139. The first kappa shape index (κ1) is 18.6. The number of amides is 1. The van der Waals surface area contributed by atoms with Gasteiger partial charge in [-0.2, -0.15) is 0 Å². The van der Waals surface area contributed by atoms with Crippen molar-refractivity contribution in [2.75, 3.05) is 7.11 Å². The number of carboxylic acid groups (broad SMARTS) is 1. The number of nitrogens with zero attached hydrogens (tertiary/aromatic N) is 1. The molecule has 0 aliphatic heterocycles. The van der Waals surface area contributed by atoms with Gasteiger partial charge in [0, 0.05) is 7.11 Å².